The van der Waals surface area contributed by atoms with Crippen LogP contribution in [0.5, 0.6) is 5.75 Å². The van der Waals surface area contributed by atoms with Gasteiger partial charge in [-0.25, -0.2) is 0 Å². The van der Waals surface area contributed by atoms with E-state index in [0.29, 0.717) is 19.6 Å². The minimum absolute atomic E-state index is 0.0341. The summed E-state index contributed by atoms with van der Waals surface area (Å²) < 4.78 is 14.6. The summed E-state index contributed by atoms with van der Waals surface area (Å²) in [4.78, 5) is 22.9. The van der Waals surface area contributed by atoms with Crippen LogP contribution in [-0.2, 0) is 4.74 Å². The molecule has 0 unspecified atom stereocenters. The zero-order valence-corrected chi connectivity index (χ0v) is 9.82. The first-order chi connectivity index (χ1) is 8.19. The number of carbonyl (C=O) groups is 1. The van der Waals surface area contributed by atoms with Crippen LogP contribution in [0.1, 0.15) is 17.0 Å². The predicted octanol–water partition coefficient (Wildman–Crippen LogP) is 0.415. The summed E-state index contributed by atoms with van der Waals surface area (Å²) in [6, 6.07) is 1.10. The lowest BCUT2D eigenvalue weighted by molar-refractivity contribution is 0.0918. The molecule has 0 saturated carbocycles. The van der Waals surface area contributed by atoms with E-state index in [2.05, 4.69) is 5.32 Å². The Kier molecular flexibility index (Phi) is 5.22. The van der Waals surface area contributed by atoms with Crippen LogP contribution in [0, 0.1) is 0 Å². The Balaban J connectivity index is 2.57. The Morgan fingerprint density at radius 2 is 2.24 bits per heavy atom. The molecule has 1 aromatic rings. The van der Waals surface area contributed by atoms with E-state index in [-0.39, 0.29) is 16.9 Å². The molecule has 0 saturated heterocycles. The van der Waals surface area contributed by atoms with Crippen molar-refractivity contribution in [2.45, 2.75) is 6.42 Å². The van der Waals surface area contributed by atoms with Gasteiger partial charge >= 0.3 is 0 Å². The third kappa shape index (κ3) is 3.92. The molecule has 0 aliphatic heterocycles. The molecule has 1 N–H and O–H groups in total. The van der Waals surface area contributed by atoms with Gasteiger partial charge in [-0.2, -0.15) is 0 Å². The van der Waals surface area contributed by atoms with Gasteiger partial charge in [0.1, 0.15) is 6.26 Å². The van der Waals surface area contributed by atoms with Gasteiger partial charge in [0, 0.05) is 26.3 Å². The van der Waals surface area contributed by atoms with Crippen molar-refractivity contribution in [3.8, 4) is 5.75 Å². The number of hydrogen-bond donors (Lipinski definition) is 1. The van der Waals surface area contributed by atoms with Crippen molar-refractivity contribution in [1.29, 1.82) is 0 Å². The SMILES string of the molecule is COCCCNC(=O)c1cc(=O)c(OC)co1. The highest BCUT2D eigenvalue weighted by Gasteiger charge is 2.10. The van der Waals surface area contributed by atoms with Crippen molar-refractivity contribution in [3.63, 3.8) is 0 Å². The van der Waals surface area contributed by atoms with Crippen molar-refractivity contribution in [1.82, 2.24) is 5.32 Å². The van der Waals surface area contributed by atoms with Gasteiger partial charge in [-0.05, 0) is 6.42 Å². The van der Waals surface area contributed by atoms with Gasteiger partial charge in [0.15, 0.2) is 5.76 Å². The number of carbonyl (C=O) groups excluding carboxylic acids is 1. The van der Waals surface area contributed by atoms with Crippen LogP contribution in [0.15, 0.2) is 21.5 Å². The van der Waals surface area contributed by atoms with Gasteiger partial charge in [0.05, 0.1) is 7.11 Å². The second kappa shape index (κ2) is 6.70. The maximum absolute atomic E-state index is 11.5. The molecule has 0 bridgehead atoms. The van der Waals surface area contributed by atoms with Gasteiger partial charge in [-0.15, -0.1) is 0 Å². The van der Waals surface area contributed by atoms with Gasteiger partial charge < -0.3 is 19.2 Å². The molecular weight excluding hydrogens is 226 g/mol. The number of rotatable bonds is 6. The van der Waals surface area contributed by atoms with E-state index in [9.17, 15) is 9.59 Å². The second-order valence-electron chi connectivity index (χ2n) is 3.28. The molecule has 0 radical (unpaired) electrons. The molecule has 1 heterocycles. The Morgan fingerprint density at radius 3 is 2.82 bits per heavy atom. The average Bonchev–Trinajstić information content (AvgIpc) is 2.34. The molecule has 6 heteroatoms. The van der Waals surface area contributed by atoms with Gasteiger partial charge in [0.2, 0.25) is 11.2 Å². The summed E-state index contributed by atoms with van der Waals surface area (Å²) in [7, 11) is 2.95. The molecule has 0 aliphatic rings. The van der Waals surface area contributed by atoms with E-state index in [4.69, 9.17) is 13.9 Å². The molecule has 0 aliphatic carbocycles. The fourth-order valence-electron chi connectivity index (χ4n) is 1.17. The Hall–Kier alpha value is -1.82. The van der Waals surface area contributed by atoms with E-state index >= 15 is 0 Å². The standard InChI is InChI=1S/C11H15NO5/c1-15-5-3-4-12-11(14)9-6-8(13)10(16-2)7-17-9/h6-7H,3-5H2,1-2H3,(H,12,14). The van der Waals surface area contributed by atoms with Crippen molar-refractivity contribution in [3.05, 3.63) is 28.3 Å². The van der Waals surface area contributed by atoms with Gasteiger partial charge in [-0.3, -0.25) is 9.59 Å². The number of ether oxygens (including phenoxy) is 2. The quantitative estimate of drug-likeness (QED) is 0.730. The second-order valence-corrected chi connectivity index (χ2v) is 3.28. The highest BCUT2D eigenvalue weighted by molar-refractivity contribution is 5.91. The number of nitrogens with one attached hydrogen (secondary N) is 1. The topological polar surface area (TPSA) is 77.8 Å². The van der Waals surface area contributed by atoms with Crippen molar-refractivity contribution in [2.75, 3.05) is 27.4 Å². The lowest BCUT2D eigenvalue weighted by Gasteiger charge is -2.04. The molecule has 17 heavy (non-hydrogen) atoms. The van der Waals surface area contributed by atoms with E-state index in [1.54, 1.807) is 7.11 Å². The summed E-state index contributed by atoms with van der Waals surface area (Å²) >= 11 is 0. The average molecular weight is 241 g/mol. The van der Waals surface area contributed by atoms with Crippen LogP contribution >= 0.6 is 0 Å². The lowest BCUT2D eigenvalue weighted by Crippen LogP contribution is -2.26. The Morgan fingerprint density at radius 1 is 1.47 bits per heavy atom. The van der Waals surface area contributed by atoms with Gasteiger partial charge in [-0.1, -0.05) is 0 Å². The maximum atomic E-state index is 11.5. The summed E-state index contributed by atoms with van der Waals surface area (Å²) in [5.41, 5.74) is -0.388. The molecule has 1 aromatic heterocycles. The van der Waals surface area contributed by atoms with Crippen LogP contribution in [0.25, 0.3) is 0 Å². The van der Waals surface area contributed by atoms with Crippen LogP contribution in [-0.4, -0.2) is 33.3 Å². The van der Waals surface area contributed by atoms with Crippen LogP contribution in [0.2, 0.25) is 0 Å². The molecule has 0 atom stereocenters. The fraction of sp³-hybridized carbons (Fsp3) is 0.455. The first kappa shape index (κ1) is 13.2. The first-order valence-corrected chi connectivity index (χ1v) is 5.13. The maximum Gasteiger partial charge on any atom is 0.287 e. The van der Waals surface area contributed by atoms with Crippen molar-refractivity contribution in [2.24, 2.45) is 0 Å². The molecule has 0 spiro atoms. The molecule has 6 nitrogen and oxygen atoms in total. The van der Waals surface area contributed by atoms with E-state index in [0.717, 1.165) is 12.3 Å². The van der Waals surface area contributed by atoms with Gasteiger partial charge in [0.25, 0.3) is 5.91 Å². The zero-order valence-electron chi connectivity index (χ0n) is 9.82. The van der Waals surface area contributed by atoms with Crippen LogP contribution in [0.4, 0.5) is 0 Å². The largest absolute Gasteiger partial charge is 0.490 e. The van der Waals surface area contributed by atoms with E-state index in [1.807, 2.05) is 0 Å². The minimum Gasteiger partial charge on any atom is -0.490 e. The molecule has 0 fully saturated rings. The van der Waals surface area contributed by atoms with Crippen LogP contribution < -0.4 is 15.5 Å². The summed E-state index contributed by atoms with van der Waals surface area (Å²) in [5.74, 6) is -0.394. The first-order valence-electron chi connectivity index (χ1n) is 5.13. The van der Waals surface area contributed by atoms with Crippen molar-refractivity contribution < 1.29 is 18.7 Å². The number of methoxy groups -OCH3 is 2. The summed E-state index contributed by atoms with van der Waals surface area (Å²) in [6.07, 6.45) is 1.81. The van der Waals surface area contributed by atoms with E-state index < -0.39 is 5.91 Å². The fourth-order valence-corrected chi connectivity index (χ4v) is 1.17. The third-order valence-corrected chi connectivity index (χ3v) is 2.05. The third-order valence-electron chi connectivity index (χ3n) is 2.05. The molecule has 1 amide bonds. The molecule has 94 valence electrons. The highest BCUT2D eigenvalue weighted by atomic mass is 16.5. The smallest absolute Gasteiger partial charge is 0.287 e. The number of hydrogen-bond acceptors (Lipinski definition) is 5. The Bertz CT molecular complexity index is 426. The normalized spacial score (nSPS) is 10.0. The molecule has 0 aromatic carbocycles. The van der Waals surface area contributed by atoms with Crippen molar-refractivity contribution >= 4 is 5.91 Å². The lowest BCUT2D eigenvalue weighted by atomic mass is 10.3. The molecule has 1 rings (SSSR count). The Labute approximate surface area is 98.5 Å². The molecular formula is C11H15NO5. The minimum atomic E-state index is -0.430. The van der Waals surface area contributed by atoms with E-state index in [1.165, 1.54) is 7.11 Å². The zero-order chi connectivity index (χ0) is 12.7. The number of amides is 1. The summed E-state index contributed by atoms with van der Waals surface area (Å²) in [6.45, 7) is 1.02. The summed E-state index contributed by atoms with van der Waals surface area (Å²) in [5, 5.41) is 2.61. The monoisotopic (exact) mass is 241 g/mol. The predicted molar refractivity (Wildman–Crippen MR) is 60.4 cm³/mol. The van der Waals surface area contributed by atoms with Crippen LogP contribution in [0.3, 0.4) is 0 Å². The highest BCUT2D eigenvalue weighted by Crippen LogP contribution is 2.04.